The zero-order valence-electron chi connectivity index (χ0n) is 17.6. The van der Waals surface area contributed by atoms with Crippen molar-refractivity contribution in [2.24, 2.45) is 0 Å². The number of halogens is 2. The maximum Gasteiger partial charge on any atom is 0.133 e. The summed E-state index contributed by atoms with van der Waals surface area (Å²) in [4.78, 5) is 0. The number of rotatable bonds is 8. The summed E-state index contributed by atoms with van der Waals surface area (Å²) in [7, 11) is 0. The molecule has 0 aliphatic heterocycles. The van der Waals surface area contributed by atoms with Crippen molar-refractivity contribution in [1.29, 1.82) is 0 Å². The molecule has 0 aliphatic carbocycles. The minimum Gasteiger partial charge on any atom is -0.206 e. The maximum atomic E-state index is 14.4. The molecule has 0 heterocycles. The summed E-state index contributed by atoms with van der Waals surface area (Å²) >= 11 is 0. The van der Waals surface area contributed by atoms with Crippen LogP contribution < -0.4 is 0 Å². The fourth-order valence-electron chi connectivity index (χ4n) is 3.55. The lowest BCUT2D eigenvalue weighted by molar-refractivity contribution is 0.575. The topological polar surface area (TPSA) is 0 Å². The van der Waals surface area contributed by atoms with Crippen molar-refractivity contribution in [3.63, 3.8) is 0 Å². The molecule has 2 heteroatoms. The van der Waals surface area contributed by atoms with Crippen molar-refractivity contribution >= 4 is 12.2 Å². The summed E-state index contributed by atoms with van der Waals surface area (Å²) in [6.45, 7) is 4.16. The van der Waals surface area contributed by atoms with E-state index in [9.17, 15) is 8.78 Å². The molecule has 0 bridgehead atoms. The van der Waals surface area contributed by atoms with Gasteiger partial charge in [-0.3, -0.25) is 0 Å². The molecule has 3 rings (SSSR count). The van der Waals surface area contributed by atoms with Crippen LogP contribution in [0.5, 0.6) is 0 Å². The molecule has 1 atom stereocenters. The third-order valence-electron chi connectivity index (χ3n) is 5.31. The second kappa shape index (κ2) is 10.7. The van der Waals surface area contributed by atoms with E-state index in [2.05, 4.69) is 43.3 Å². The molecule has 3 aromatic carbocycles. The van der Waals surface area contributed by atoms with E-state index in [1.807, 2.05) is 37.3 Å². The van der Waals surface area contributed by atoms with Crippen LogP contribution in [0.25, 0.3) is 12.2 Å². The van der Waals surface area contributed by atoms with Crippen LogP contribution in [0.3, 0.4) is 0 Å². The first-order valence-corrected chi connectivity index (χ1v) is 10.5. The maximum absolute atomic E-state index is 14.4. The molecule has 0 spiro atoms. The van der Waals surface area contributed by atoms with Crippen molar-refractivity contribution < 1.29 is 8.78 Å². The average Bonchev–Trinajstić information content (AvgIpc) is 2.75. The summed E-state index contributed by atoms with van der Waals surface area (Å²) in [5, 5.41) is 0. The lowest BCUT2D eigenvalue weighted by atomic mass is 9.93. The first-order valence-electron chi connectivity index (χ1n) is 10.5. The Balaban J connectivity index is 1.66. The van der Waals surface area contributed by atoms with E-state index in [-0.39, 0.29) is 5.56 Å². The smallest absolute Gasteiger partial charge is 0.133 e. The van der Waals surface area contributed by atoms with Gasteiger partial charge in [-0.15, -0.1) is 0 Å². The van der Waals surface area contributed by atoms with Crippen LogP contribution in [0.15, 0.2) is 78.9 Å². The summed E-state index contributed by atoms with van der Waals surface area (Å²) in [6, 6.07) is 21.5. The molecule has 0 unspecified atom stereocenters. The standard InChI is InChI=1S/C28H28F2/c1-3-4-6-9-24-19-27(29)26(28(30)20-24)17-16-22-12-14-23(15-13-22)18-21(2)25-10-7-5-8-11-25/h3-5,7-8,10-17,19-21H,6,9,18H2,1-2H3/b4-3+,17-16?/t21-/m0/s1. The molecule has 3 aromatic rings. The van der Waals surface area contributed by atoms with Crippen LogP contribution in [0.2, 0.25) is 0 Å². The van der Waals surface area contributed by atoms with Gasteiger partial charge in [-0.2, -0.15) is 0 Å². The van der Waals surface area contributed by atoms with Gasteiger partial charge in [0.25, 0.3) is 0 Å². The highest BCUT2D eigenvalue weighted by Crippen LogP contribution is 2.22. The molecule has 0 aromatic heterocycles. The first-order chi connectivity index (χ1) is 14.6. The van der Waals surface area contributed by atoms with Gasteiger partial charge in [0.05, 0.1) is 0 Å². The molecule has 0 radical (unpaired) electrons. The minimum absolute atomic E-state index is 0.00607. The Morgan fingerprint density at radius 3 is 2.13 bits per heavy atom. The lowest BCUT2D eigenvalue weighted by Gasteiger charge is -2.12. The fraction of sp³-hybridized carbons (Fsp3) is 0.214. The van der Waals surface area contributed by atoms with Gasteiger partial charge in [-0.05, 0) is 72.6 Å². The molecule has 0 fully saturated rings. The molecule has 0 N–H and O–H groups in total. The highest BCUT2D eigenvalue weighted by molar-refractivity contribution is 5.70. The average molecular weight is 403 g/mol. The third-order valence-corrected chi connectivity index (χ3v) is 5.31. The molecular formula is C28H28F2. The van der Waals surface area contributed by atoms with Crippen LogP contribution >= 0.6 is 0 Å². The van der Waals surface area contributed by atoms with Crippen LogP contribution in [0, 0.1) is 11.6 Å². The highest BCUT2D eigenvalue weighted by Gasteiger charge is 2.09. The third kappa shape index (κ3) is 6.00. The quantitative estimate of drug-likeness (QED) is 0.264. The first kappa shape index (κ1) is 21.7. The lowest BCUT2D eigenvalue weighted by Crippen LogP contribution is -1.98. The molecule has 154 valence electrons. The van der Waals surface area contributed by atoms with Gasteiger partial charge >= 0.3 is 0 Å². The predicted octanol–water partition coefficient (Wildman–Crippen LogP) is 7.99. The summed E-state index contributed by atoms with van der Waals surface area (Å²) in [5.74, 6) is -0.604. The Labute approximate surface area is 178 Å². The Morgan fingerprint density at radius 1 is 0.833 bits per heavy atom. The highest BCUT2D eigenvalue weighted by atomic mass is 19.1. The van der Waals surface area contributed by atoms with Crippen molar-refractivity contribution in [1.82, 2.24) is 0 Å². The molecule has 0 aliphatic rings. The second-order valence-electron chi connectivity index (χ2n) is 7.67. The van der Waals surface area contributed by atoms with Gasteiger partial charge in [0.15, 0.2) is 0 Å². The predicted molar refractivity (Wildman–Crippen MR) is 123 cm³/mol. The van der Waals surface area contributed by atoms with E-state index >= 15 is 0 Å². The van der Waals surface area contributed by atoms with Gasteiger partial charge in [0, 0.05) is 5.56 Å². The summed E-state index contributed by atoms with van der Waals surface area (Å²) in [5.41, 5.74) is 4.17. The van der Waals surface area contributed by atoms with Gasteiger partial charge < -0.3 is 0 Å². The number of hydrogen-bond acceptors (Lipinski definition) is 0. The SMILES string of the molecule is C/C=C/CCc1cc(F)c(C=Cc2ccc(C[C@H](C)c3ccccc3)cc2)c(F)c1. The molecule has 0 saturated carbocycles. The van der Waals surface area contributed by atoms with E-state index in [4.69, 9.17) is 0 Å². The summed E-state index contributed by atoms with van der Waals surface area (Å²) in [6.07, 6.45) is 9.56. The minimum atomic E-state index is -0.518. The monoisotopic (exact) mass is 402 g/mol. The molecule has 30 heavy (non-hydrogen) atoms. The zero-order chi connectivity index (χ0) is 21.3. The second-order valence-corrected chi connectivity index (χ2v) is 7.67. The number of benzene rings is 3. The normalized spacial score (nSPS) is 12.7. The summed E-state index contributed by atoms with van der Waals surface area (Å²) < 4.78 is 28.8. The van der Waals surface area contributed by atoms with Gasteiger partial charge in [-0.25, -0.2) is 8.78 Å². The van der Waals surface area contributed by atoms with E-state index in [0.717, 1.165) is 18.4 Å². The van der Waals surface area contributed by atoms with Crippen molar-refractivity contribution in [3.8, 4) is 0 Å². The molecule has 0 nitrogen and oxygen atoms in total. The zero-order valence-corrected chi connectivity index (χ0v) is 17.6. The number of allylic oxidation sites excluding steroid dienone is 2. The molecular weight excluding hydrogens is 374 g/mol. The van der Waals surface area contributed by atoms with Crippen LogP contribution in [-0.4, -0.2) is 0 Å². The van der Waals surface area contributed by atoms with Gasteiger partial charge in [0.2, 0.25) is 0 Å². The van der Waals surface area contributed by atoms with Gasteiger partial charge in [-0.1, -0.05) is 79.7 Å². The van der Waals surface area contributed by atoms with Crippen molar-refractivity contribution in [2.75, 3.05) is 0 Å². The van der Waals surface area contributed by atoms with E-state index in [1.54, 1.807) is 6.08 Å². The van der Waals surface area contributed by atoms with Crippen LogP contribution in [0.4, 0.5) is 8.78 Å². The fourth-order valence-corrected chi connectivity index (χ4v) is 3.55. The Bertz CT molecular complexity index is 976. The Kier molecular flexibility index (Phi) is 7.73. The number of hydrogen-bond donors (Lipinski definition) is 0. The van der Waals surface area contributed by atoms with Crippen LogP contribution in [0.1, 0.15) is 54.0 Å². The largest absolute Gasteiger partial charge is 0.206 e. The Morgan fingerprint density at radius 2 is 1.50 bits per heavy atom. The van der Waals surface area contributed by atoms with Crippen LogP contribution in [-0.2, 0) is 12.8 Å². The molecule has 0 amide bonds. The van der Waals surface area contributed by atoms with E-state index in [1.165, 1.54) is 29.3 Å². The van der Waals surface area contributed by atoms with Crippen molar-refractivity contribution in [2.45, 2.75) is 39.0 Å². The van der Waals surface area contributed by atoms with Gasteiger partial charge in [0.1, 0.15) is 11.6 Å². The Hall–Kier alpha value is -3.00. The molecule has 0 saturated heterocycles. The van der Waals surface area contributed by atoms with E-state index < -0.39 is 11.6 Å². The van der Waals surface area contributed by atoms with E-state index in [0.29, 0.717) is 17.9 Å². The number of aryl methyl sites for hydroxylation is 1. The van der Waals surface area contributed by atoms with Crippen molar-refractivity contribution in [3.05, 3.63) is 118 Å².